The third kappa shape index (κ3) is 6.19. The van der Waals surface area contributed by atoms with Crippen LogP contribution in [0.5, 0.6) is 0 Å². The van der Waals surface area contributed by atoms with Crippen LogP contribution in [0.25, 0.3) is 0 Å². The van der Waals surface area contributed by atoms with Crippen LogP contribution in [0, 0.1) is 0 Å². The third-order valence-electron chi connectivity index (χ3n) is 1.54. The summed E-state index contributed by atoms with van der Waals surface area (Å²) in [6.45, 7) is 2.31. The fourth-order valence-electron chi connectivity index (χ4n) is 0.591. The smallest absolute Gasteiger partial charge is 0.245 e. The topological polar surface area (TPSA) is 46.2 Å². The van der Waals surface area contributed by atoms with Crippen LogP contribution in [0.3, 0.4) is 0 Å². The number of hydrogen-bond acceptors (Lipinski definition) is 2. The second-order valence-corrected chi connectivity index (χ2v) is 3.27. The van der Waals surface area contributed by atoms with E-state index in [4.69, 9.17) is 5.73 Å². The van der Waals surface area contributed by atoms with Crippen molar-refractivity contribution in [3.63, 3.8) is 0 Å². The predicted molar refractivity (Wildman–Crippen MR) is 39.5 cm³/mol. The van der Waals surface area contributed by atoms with Gasteiger partial charge in [-0.1, -0.05) is 0 Å². The molecule has 68 valence electrons. The van der Waals surface area contributed by atoms with Gasteiger partial charge in [0.2, 0.25) is 5.92 Å². The molecule has 0 aromatic carbocycles. The molecule has 4 heteroatoms. The van der Waals surface area contributed by atoms with Gasteiger partial charge in [0.15, 0.2) is 0 Å². The van der Waals surface area contributed by atoms with Crippen LogP contribution >= 0.6 is 0 Å². The lowest BCUT2D eigenvalue weighted by Crippen LogP contribution is -2.35. The summed E-state index contributed by atoms with van der Waals surface area (Å²) in [5, 5.41) is 9.23. The van der Waals surface area contributed by atoms with Crippen molar-refractivity contribution in [2.24, 2.45) is 5.73 Å². The predicted octanol–water partition coefficient (Wildman–Crippen LogP) is 1.13. The van der Waals surface area contributed by atoms with Crippen LogP contribution in [0.1, 0.15) is 26.7 Å². The van der Waals surface area contributed by atoms with Crippen molar-refractivity contribution in [1.29, 1.82) is 0 Å². The van der Waals surface area contributed by atoms with Gasteiger partial charge in [0.25, 0.3) is 0 Å². The van der Waals surface area contributed by atoms with Gasteiger partial charge in [0, 0.05) is 13.0 Å². The largest absolute Gasteiger partial charge is 0.389 e. The molecule has 0 fully saturated rings. The first kappa shape index (κ1) is 10.8. The minimum atomic E-state index is -2.71. The fraction of sp³-hybridized carbons (Fsp3) is 1.00. The van der Waals surface area contributed by atoms with Crippen LogP contribution < -0.4 is 5.73 Å². The number of hydrogen-bond donors (Lipinski definition) is 2. The van der Waals surface area contributed by atoms with E-state index in [1.807, 2.05) is 0 Å². The summed E-state index contributed by atoms with van der Waals surface area (Å²) >= 11 is 0. The summed E-state index contributed by atoms with van der Waals surface area (Å²) in [4.78, 5) is 0. The summed E-state index contributed by atoms with van der Waals surface area (Å²) in [6.07, 6.45) is -0.288. The molecule has 0 aliphatic heterocycles. The quantitative estimate of drug-likeness (QED) is 0.659. The minimum Gasteiger partial charge on any atom is -0.389 e. The molecule has 3 N–H and O–H groups in total. The van der Waals surface area contributed by atoms with Gasteiger partial charge in [-0.3, -0.25) is 0 Å². The molecule has 11 heavy (non-hydrogen) atoms. The molecular weight excluding hydrogens is 152 g/mol. The maximum Gasteiger partial charge on any atom is 0.245 e. The Morgan fingerprint density at radius 1 is 1.27 bits per heavy atom. The van der Waals surface area contributed by atoms with Gasteiger partial charge >= 0.3 is 0 Å². The lowest BCUT2D eigenvalue weighted by molar-refractivity contribution is -0.0227. The molecule has 0 saturated heterocycles. The van der Waals surface area contributed by atoms with Crippen LogP contribution in [0.2, 0.25) is 0 Å². The summed E-state index contributed by atoms with van der Waals surface area (Å²) in [7, 11) is 0. The highest BCUT2D eigenvalue weighted by molar-refractivity contribution is 4.75. The van der Waals surface area contributed by atoms with E-state index in [1.54, 1.807) is 0 Å². The second kappa shape index (κ2) is 3.45. The zero-order chi connectivity index (χ0) is 9.12. The Morgan fingerprint density at radius 2 is 1.73 bits per heavy atom. The monoisotopic (exact) mass is 167 g/mol. The van der Waals surface area contributed by atoms with E-state index in [0.717, 1.165) is 6.92 Å². The first-order valence-corrected chi connectivity index (χ1v) is 3.57. The van der Waals surface area contributed by atoms with Crippen LogP contribution in [0.4, 0.5) is 8.78 Å². The molecule has 2 nitrogen and oxygen atoms in total. The second-order valence-electron chi connectivity index (χ2n) is 3.27. The Labute approximate surface area is 65.4 Å². The van der Waals surface area contributed by atoms with Crippen molar-refractivity contribution in [3.05, 3.63) is 0 Å². The van der Waals surface area contributed by atoms with E-state index in [-0.39, 0.29) is 19.4 Å². The Morgan fingerprint density at radius 3 is 2.00 bits per heavy atom. The Bertz CT molecular complexity index is 120. The van der Waals surface area contributed by atoms with Gasteiger partial charge in [-0.25, -0.2) is 8.78 Å². The molecule has 0 radical (unpaired) electrons. The number of halogens is 2. The van der Waals surface area contributed by atoms with Crippen molar-refractivity contribution in [2.75, 3.05) is 6.54 Å². The highest BCUT2D eigenvalue weighted by atomic mass is 19.3. The van der Waals surface area contributed by atoms with Crippen molar-refractivity contribution >= 4 is 0 Å². The van der Waals surface area contributed by atoms with E-state index in [1.165, 1.54) is 6.92 Å². The van der Waals surface area contributed by atoms with Gasteiger partial charge in [0.1, 0.15) is 0 Å². The van der Waals surface area contributed by atoms with Crippen LogP contribution in [0.15, 0.2) is 0 Å². The molecule has 0 aliphatic rings. The van der Waals surface area contributed by atoms with Crippen molar-refractivity contribution in [1.82, 2.24) is 0 Å². The zero-order valence-electron chi connectivity index (χ0n) is 6.90. The maximum atomic E-state index is 12.2. The molecule has 0 heterocycles. The molecule has 0 saturated carbocycles. The Kier molecular flexibility index (Phi) is 3.38. The lowest BCUT2D eigenvalue weighted by Gasteiger charge is -2.22. The molecule has 0 spiro atoms. The molecule has 0 aromatic heterocycles. The van der Waals surface area contributed by atoms with Crippen molar-refractivity contribution in [2.45, 2.75) is 38.2 Å². The molecular formula is C7H15F2NO. The van der Waals surface area contributed by atoms with Gasteiger partial charge in [-0.05, 0) is 20.3 Å². The van der Waals surface area contributed by atoms with Crippen LogP contribution in [-0.2, 0) is 0 Å². The van der Waals surface area contributed by atoms with E-state index in [2.05, 4.69) is 0 Å². The SMILES string of the molecule is CC(F)(F)CCC(C)(O)CN. The standard InChI is InChI=1S/C7H15F2NO/c1-6(11,5-10)3-4-7(2,8)9/h11H,3-5,10H2,1-2H3. The summed E-state index contributed by atoms with van der Waals surface area (Å²) in [6, 6.07) is 0. The fourth-order valence-corrected chi connectivity index (χ4v) is 0.591. The Balaban J connectivity index is 3.70. The van der Waals surface area contributed by atoms with Crippen molar-refractivity contribution < 1.29 is 13.9 Å². The van der Waals surface area contributed by atoms with Gasteiger partial charge in [0.05, 0.1) is 5.60 Å². The maximum absolute atomic E-state index is 12.2. The third-order valence-corrected chi connectivity index (χ3v) is 1.54. The van der Waals surface area contributed by atoms with E-state index < -0.39 is 11.5 Å². The van der Waals surface area contributed by atoms with E-state index >= 15 is 0 Å². The van der Waals surface area contributed by atoms with Gasteiger partial charge in [-0.2, -0.15) is 0 Å². The first-order chi connectivity index (χ1) is 4.77. The highest BCUT2D eigenvalue weighted by Crippen LogP contribution is 2.23. The summed E-state index contributed by atoms with van der Waals surface area (Å²) in [5.41, 5.74) is 3.99. The molecule has 0 amide bonds. The molecule has 0 aromatic rings. The highest BCUT2D eigenvalue weighted by Gasteiger charge is 2.27. The molecule has 1 unspecified atom stereocenters. The number of aliphatic hydroxyl groups is 1. The van der Waals surface area contributed by atoms with E-state index in [9.17, 15) is 13.9 Å². The molecule has 1 atom stereocenters. The molecule has 0 bridgehead atoms. The Hall–Kier alpha value is -0.220. The van der Waals surface area contributed by atoms with Crippen LogP contribution in [-0.4, -0.2) is 23.2 Å². The average Bonchev–Trinajstić information content (AvgIpc) is 1.83. The first-order valence-electron chi connectivity index (χ1n) is 3.57. The van der Waals surface area contributed by atoms with Crippen molar-refractivity contribution in [3.8, 4) is 0 Å². The normalized spacial score (nSPS) is 18.0. The molecule has 0 rings (SSSR count). The number of nitrogens with two attached hydrogens (primary N) is 1. The average molecular weight is 167 g/mol. The molecule has 0 aliphatic carbocycles. The van der Waals surface area contributed by atoms with Gasteiger partial charge < -0.3 is 10.8 Å². The number of alkyl halides is 2. The van der Waals surface area contributed by atoms with E-state index in [0.29, 0.717) is 0 Å². The lowest BCUT2D eigenvalue weighted by atomic mass is 9.98. The summed E-state index contributed by atoms with van der Waals surface area (Å²) in [5.74, 6) is -2.71. The zero-order valence-corrected chi connectivity index (χ0v) is 6.90. The number of rotatable bonds is 4. The minimum absolute atomic E-state index is 0.0169. The van der Waals surface area contributed by atoms with Gasteiger partial charge in [-0.15, -0.1) is 0 Å². The summed E-state index contributed by atoms with van der Waals surface area (Å²) < 4.78 is 24.5.